The van der Waals surface area contributed by atoms with Gasteiger partial charge in [-0.3, -0.25) is 4.79 Å². The lowest BCUT2D eigenvalue weighted by Gasteiger charge is -2.13. The molecule has 0 atom stereocenters. The zero-order chi connectivity index (χ0) is 20.3. The number of hydrogen-bond donors (Lipinski definition) is 1. The number of aromatic nitrogens is 2. The Kier molecular flexibility index (Phi) is 5.30. The monoisotopic (exact) mass is 387 g/mol. The Morgan fingerprint density at radius 3 is 2.18 bits per heavy atom. The van der Waals surface area contributed by atoms with E-state index in [1.807, 2.05) is 19.9 Å². The van der Waals surface area contributed by atoms with Gasteiger partial charge in [-0.2, -0.15) is 13.2 Å². The smallest absolute Gasteiger partial charge is 0.417 e. The van der Waals surface area contributed by atoms with Gasteiger partial charge in [0.2, 0.25) is 0 Å². The maximum atomic E-state index is 13.1. The van der Waals surface area contributed by atoms with E-state index in [9.17, 15) is 18.0 Å². The number of halogens is 3. The summed E-state index contributed by atoms with van der Waals surface area (Å²) >= 11 is 0. The SMILES string of the molecule is Cc1cc(C)nc(Oc2ccc(NC(=O)c3ccccc3C(F)(F)F)cc2)n1. The van der Waals surface area contributed by atoms with Crippen LogP contribution in [0.2, 0.25) is 0 Å². The van der Waals surface area contributed by atoms with Crippen molar-refractivity contribution in [1.82, 2.24) is 9.97 Å². The molecule has 0 aliphatic heterocycles. The first-order valence-corrected chi connectivity index (χ1v) is 8.30. The van der Waals surface area contributed by atoms with E-state index < -0.39 is 23.2 Å². The molecule has 5 nitrogen and oxygen atoms in total. The van der Waals surface area contributed by atoms with Gasteiger partial charge < -0.3 is 10.1 Å². The van der Waals surface area contributed by atoms with Crippen LogP contribution in [0.1, 0.15) is 27.3 Å². The van der Waals surface area contributed by atoms with Gasteiger partial charge in [0, 0.05) is 17.1 Å². The van der Waals surface area contributed by atoms with Gasteiger partial charge in [-0.1, -0.05) is 12.1 Å². The van der Waals surface area contributed by atoms with Gasteiger partial charge in [0.05, 0.1) is 11.1 Å². The number of anilines is 1. The molecule has 3 aromatic rings. The topological polar surface area (TPSA) is 64.1 Å². The van der Waals surface area contributed by atoms with E-state index in [0.717, 1.165) is 23.5 Å². The molecule has 28 heavy (non-hydrogen) atoms. The van der Waals surface area contributed by atoms with Crippen LogP contribution < -0.4 is 10.1 Å². The van der Waals surface area contributed by atoms with Crippen molar-refractivity contribution < 1.29 is 22.7 Å². The predicted octanol–water partition coefficient (Wildman–Crippen LogP) is 5.16. The summed E-state index contributed by atoms with van der Waals surface area (Å²) < 4.78 is 44.7. The van der Waals surface area contributed by atoms with E-state index in [0.29, 0.717) is 11.4 Å². The average molecular weight is 387 g/mol. The zero-order valence-corrected chi connectivity index (χ0v) is 15.0. The average Bonchev–Trinajstić information content (AvgIpc) is 2.62. The van der Waals surface area contributed by atoms with E-state index in [1.165, 1.54) is 24.3 Å². The van der Waals surface area contributed by atoms with E-state index >= 15 is 0 Å². The summed E-state index contributed by atoms with van der Waals surface area (Å²) in [5.41, 5.74) is 0.415. The molecule has 0 aliphatic carbocycles. The number of amides is 1. The first kappa shape index (κ1) is 19.3. The fourth-order valence-corrected chi connectivity index (χ4v) is 2.58. The number of carbonyl (C=O) groups excluding carboxylic acids is 1. The number of hydrogen-bond acceptors (Lipinski definition) is 4. The molecule has 1 heterocycles. The van der Waals surface area contributed by atoms with Gasteiger partial charge in [-0.25, -0.2) is 9.97 Å². The lowest BCUT2D eigenvalue weighted by atomic mass is 10.1. The fourth-order valence-electron chi connectivity index (χ4n) is 2.58. The van der Waals surface area contributed by atoms with Crippen LogP contribution in [-0.4, -0.2) is 15.9 Å². The lowest BCUT2D eigenvalue weighted by Crippen LogP contribution is -2.18. The van der Waals surface area contributed by atoms with Crippen LogP contribution in [0.25, 0.3) is 0 Å². The second-order valence-electron chi connectivity index (χ2n) is 6.06. The molecule has 1 aromatic heterocycles. The first-order chi connectivity index (χ1) is 13.2. The minimum absolute atomic E-state index is 0.188. The Balaban J connectivity index is 1.73. The van der Waals surface area contributed by atoms with Gasteiger partial charge >= 0.3 is 12.2 Å². The zero-order valence-electron chi connectivity index (χ0n) is 15.0. The molecule has 1 N–H and O–H groups in total. The van der Waals surface area contributed by atoms with Crippen LogP contribution >= 0.6 is 0 Å². The molecule has 0 bridgehead atoms. The summed E-state index contributed by atoms with van der Waals surface area (Å²) in [6.45, 7) is 3.64. The summed E-state index contributed by atoms with van der Waals surface area (Å²) in [6.07, 6.45) is -4.61. The van der Waals surface area contributed by atoms with Crippen molar-refractivity contribution in [3.05, 3.63) is 77.1 Å². The highest BCUT2D eigenvalue weighted by atomic mass is 19.4. The largest absolute Gasteiger partial charge is 0.424 e. The summed E-state index contributed by atoms with van der Waals surface area (Å²) in [6, 6.07) is 12.8. The normalized spacial score (nSPS) is 11.2. The minimum Gasteiger partial charge on any atom is -0.424 e. The summed E-state index contributed by atoms with van der Waals surface area (Å²) in [5.74, 6) is -0.419. The molecule has 0 saturated carbocycles. The summed E-state index contributed by atoms with van der Waals surface area (Å²) in [5, 5.41) is 2.45. The fraction of sp³-hybridized carbons (Fsp3) is 0.150. The Morgan fingerprint density at radius 1 is 0.964 bits per heavy atom. The van der Waals surface area contributed by atoms with Gasteiger partial charge in [-0.05, 0) is 56.3 Å². The Bertz CT molecular complexity index is 982. The molecular weight excluding hydrogens is 371 g/mol. The predicted molar refractivity (Wildman–Crippen MR) is 97.4 cm³/mol. The molecule has 144 valence electrons. The van der Waals surface area contributed by atoms with Crippen LogP contribution in [0, 0.1) is 13.8 Å². The molecule has 0 radical (unpaired) electrons. The van der Waals surface area contributed by atoms with E-state index in [4.69, 9.17) is 4.74 Å². The highest BCUT2D eigenvalue weighted by Crippen LogP contribution is 2.32. The number of carbonyl (C=O) groups is 1. The highest BCUT2D eigenvalue weighted by molar-refractivity contribution is 6.05. The lowest BCUT2D eigenvalue weighted by molar-refractivity contribution is -0.137. The maximum absolute atomic E-state index is 13.1. The van der Waals surface area contributed by atoms with Crippen molar-refractivity contribution >= 4 is 11.6 Å². The molecule has 0 aliphatic rings. The van der Waals surface area contributed by atoms with Crippen LogP contribution in [0.3, 0.4) is 0 Å². The number of aryl methyl sites for hydroxylation is 2. The number of benzene rings is 2. The van der Waals surface area contributed by atoms with E-state index in [2.05, 4.69) is 15.3 Å². The van der Waals surface area contributed by atoms with Gasteiger partial charge in [0.25, 0.3) is 5.91 Å². The summed E-state index contributed by atoms with van der Waals surface area (Å²) in [7, 11) is 0. The van der Waals surface area contributed by atoms with Crippen LogP contribution in [0.5, 0.6) is 11.8 Å². The third-order valence-electron chi connectivity index (χ3n) is 3.76. The molecule has 0 saturated heterocycles. The minimum atomic E-state index is -4.61. The molecule has 2 aromatic carbocycles. The first-order valence-electron chi connectivity index (χ1n) is 8.30. The number of ether oxygens (including phenoxy) is 1. The van der Waals surface area contributed by atoms with E-state index in [-0.39, 0.29) is 6.01 Å². The molecule has 0 fully saturated rings. The number of nitrogens with zero attached hydrogens (tertiary/aromatic N) is 2. The van der Waals surface area contributed by atoms with E-state index in [1.54, 1.807) is 12.1 Å². The highest BCUT2D eigenvalue weighted by Gasteiger charge is 2.34. The number of nitrogens with one attached hydrogen (secondary N) is 1. The van der Waals surface area contributed by atoms with Crippen molar-refractivity contribution in [2.75, 3.05) is 5.32 Å². The van der Waals surface area contributed by atoms with Crippen molar-refractivity contribution in [3.63, 3.8) is 0 Å². The van der Waals surface area contributed by atoms with Crippen LogP contribution in [0.4, 0.5) is 18.9 Å². The number of alkyl halides is 3. The molecule has 8 heteroatoms. The van der Waals surface area contributed by atoms with Crippen molar-refractivity contribution in [2.24, 2.45) is 0 Å². The van der Waals surface area contributed by atoms with Gasteiger partial charge in [0.1, 0.15) is 5.75 Å². The van der Waals surface area contributed by atoms with Gasteiger partial charge in [0.15, 0.2) is 0 Å². The Morgan fingerprint density at radius 2 is 1.57 bits per heavy atom. The second kappa shape index (κ2) is 7.67. The third-order valence-corrected chi connectivity index (χ3v) is 3.76. The van der Waals surface area contributed by atoms with Crippen LogP contribution in [0.15, 0.2) is 54.6 Å². The molecule has 0 unspecified atom stereocenters. The van der Waals surface area contributed by atoms with Crippen LogP contribution in [-0.2, 0) is 6.18 Å². The molecule has 3 rings (SSSR count). The Labute approximate surface area is 159 Å². The third kappa shape index (κ3) is 4.64. The Hall–Kier alpha value is -3.42. The van der Waals surface area contributed by atoms with Crippen molar-refractivity contribution in [3.8, 4) is 11.8 Å². The molecule has 0 spiro atoms. The molecular formula is C20H16F3N3O2. The number of rotatable bonds is 4. The quantitative estimate of drug-likeness (QED) is 0.672. The van der Waals surface area contributed by atoms with Gasteiger partial charge in [-0.15, -0.1) is 0 Å². The summed E-state index contributed by atoms with van der Waals surface area (Å²) in [4.78, 5) is 20.6. The molecule has 1 amide bonds. The standard InChI is InChI=1S/C20H16F3N3O2/c1-12-11-13(2)25-19(24-12)28-15-9-7-14(8-10-15)26-18(27)16-5-3-4-6-17(16)20(21,22)23/h3-11H,1-2H3,(H,26,27). The van der Waals surface area contributed by atoms with Crippen molar-refractivity contribution in [1.29, 1.82) is 0 Å². The maximum Gasteiger partial charge on any atom is 0.417 e. The second-order valence-corrected chi connectivity index (χ2v) is 6.06. The van der Waals surface area contributed by atoms with Crippen molar-refractivity contribution in [2.45, 2.75) is 20.0 Å².